The molecule has 0 N–H and O–H groups in total. The van der Waals surface area contributed by atoms with Crippen LogP contribution < -0.4 is 0 Å². The monoisotopic (exact) mass is 324 g/mol. The van der Waals surface area contributed by atoms with E-state index in [1.165, 1.54) is 37.3 Å². The molecular formula is C22H32N2. The second-order valence-electron chi connectivity index (χ2n) is 9.16. The first-order valence-corrected chi connectivity index (χ1v) is 10.3. The fourth-order valence-corrected chi connectivity index (χ4v) is 6.74. The highest BCUT2D eigenvalue weighted by Gasteiger charge is 2.50. The summed E-state index contributed by atoms with van der Waals surface area (Å²) in [5.74, 6) is 4.30. The average Bonchev–Trinajstić information content (AvgIpc) is 2.57. The summed E-state index contributed by atoms with van der Waals surface area (Å²) >= 11 is 0. The van der Waals surface area contributed by atoms with Crippen molar-refractivity contribution in [2.45, 2.75) is 51.6 Å². The molecule has 0 radical (unpaired) electrons. The molecule has 24 heavy (non-hydrogen) atoms. The van der Waals surface area contributed by atoms with Gasteiger partial charge in [0.15, 0.2) is 0 Å². The molecule has 130 valence electrons. The second-order valence-corrected chi connectivity index (χ2v) is 9.16. The van der Waals surface area contributed by atoms with Crippen LogP contribution in [0.15, 0.2) is 24.3 Å². The van der Waals surface area contributed by atoms with Crippen molar-refractivity contribution in [2.24, 2.45) is 23.7 Å². The molecule has 0 spiro atoms. The number of rotatable bonds is 3. The molecule has 4 aliphatic carbocycles. The van der Waals surface area contributed by atoms with E-state index in [9.17, 15) is 0 Å². The third-order valence-corrected chi connectivity index (χ3v) is 7.66. The smallest absolute Gasteiger partial charge is 0.0237 e. The molecule has 0 unspecified atom stereocenters. The number of nitrogens with zero attached hydrogens (tertiary/aromatic N) is 2. The lowest BCUT2D eigenvalue weighted by atomic mass is 9.54. The third-order valence-electron chi connectivity index (χ3n) is 7.66. The highest BCUT2D eigenvalue weighted by molar-refractivity contribution is 5.25. The van der Waals surface area contributed by atoms with Crippen LogP contribution in [-0.2, 0) is 6.54 Å². The quantitative estimate of drug-likeness (QED) is 0.831. The van der Waals surface area contributed by atoms with E-state index in [2.05, 4.69) is 41.0 Å². The summed E-state index contributed by atoms with van der Waals surface area (Å²) < 4.78 is 0. The molecule has 0 atom stereocenters. The van der Waals surface area contributed by atoms with Gasteiger partial charge in [0.2, 0.25) is 0 Å². The molecule has 1 aliphatic heterocycles. The molecule has 2 nitrogen and oxygen atoms in total. The Labute approximate surface area is 147 Å². The Morgan fingerprint density at radius 1 is 0.833 bits per heavy atom. The van der Waals surface area contributed by atoms with Gasteiger partial charge in [0.25, 0.3) is 0 Å². The first kappa shape index (κ1) is 15.4. The number of hydrogen-bond acceptors (Lipinski definition) is 2. The number of aryl methyl sites for hydroxylation is 1. The Hall–Kier alpha value is -0.860. The minimum atomic E-state index is 0.943. The molecule has 4 bridgehead atoms. The fourth-order valence-electron chi connectivity index (χ4n) is 6.74. The third kappa shape index (κ3) is 2.72. The summed E-state index contributed by atoms with van der Waals surface area (Å²) in [6.07, 6.45) is 7.80. The van der Waals surface area contributed by atoms with E-state index in [-0.39, 0.29) is 0 Å². The number of benzene rings is 1. The van der Waals surface area contributed by atoms with E-state index in [0.717, 1.165) is 36.3 Å². The SMILES string of the molecule is Cc1ccccc1CN1CCN(C2C3CC4CC(C3)CC2C4)CC1. The van der Waals surface area contributed by atoms with E-state index < -0.39 is 0 Å². The molecular weight excluding hydrogens is 292 g/mol. The largest absolute Gasteiger partial charge is 0.297 e. The van der Waals surface area contributed by atoms with Crippen LogP contribution in [0.3, 0.4) is 0 Å². The molecule has 5 fully saturated rings. The average molecular weight is 325 g/mol. The summed E-state index contributed by atoms with van der Waals surface area (Å²) in [4.78, 5) is 5.58. The molecule has 1 heterocycles. The van der Waals surface area contributed by atoms with E-state index in [1.807, 2.05) is 0 Å². The zero-order valence-electron chi connectivity index (χ0n) is 15.2. The maximum Gasteiger partial charge on any atom is 0.0237 e. The zero-order chi connectivity index (χ0) is 16.1. The predicted molar refractivity (Wildman–Crippen MR) is 98.9 cm³/mol. The van der Waals surface area contributed by atoms with Gasteiger partial charge in [-0.3, -0.25) is 9.80 Å². The molecule has 1 saturated heterocycles. The Morgan fingerprint density at radius 2 is 1.46 bits per heavy atom. The van der Waals surface area contributed by atoms with Gasteiger partial charge in [-0.2, -0.15) is 0 Å². The number of hydrogen-bond donors (Lipinski definition) is 0. The van der Waals surface area contributed by atoms with Gasteiger partial charge in [0.1, 0.15) is 0 Å². The zero-order valence-corrected chi connectivity index (χ0v) is 15.2. The predicted octanol–water partition coefficient (Wildman–Crippen LogP) is 3.94. The highest BCUT2D eigenvalue weighted by atomic mass is 15.3. The molecule has 6 rings (SSSR count). The molecule has 2 heteroatoms. The van der Waals surface area contributed by atoms with Crippen LogP contribution >= 0.6 is 0 Å². The van der Waals surface area contributed by atoms with Crippen LogP contribution in [0.4, 0.5) is 0 Å². The minimum Gasteiger partial charge on any atom is -0.297 e. The topological polar surface area (TPSA) is 6.48 Å². The molecule has 5 aliphatic rings. The van der Waals surface area contributed by atoms with Gasteiger partial charge in [-0.05, 0) is 73.8 Å². The van der Waals surface area contributed by atoms with Gasteiger partial charge in [-0.25, -0.2) is 0 Å². The number of piperazine rings is 1. The normalized spacial score (nSPS) is 39.5. The second kappa shape index (κ2) is 6.14. The van der Waals surface area contributed by atoms with Gasteiger partial charge < -0.3 is 0 Å². The molecule has 0 amide bonds. The maximum atomic E-state index is 2.90. The molecule has 4 saturated carbocycles. The fraction of sp³-hybridized carbons (Fsp3) is 0.727. The van der Waals surface area contributed by atoms with Gasteiger partial charge in [-0.1, -0.05) is 24.3 Å². The van der Waals surface area contributed by atoms with E-state index in [1.54, 1.807) is 32.1 Å². The van der Waals surface area contributed by atoms with E-state index in [4.69, 9.17) is 0 Å². The van der Waals surface area contributed by atoms with Crippen LogP contribution in [-0.4, -0.2) is 42.0 Å². The summed E-state index contributed by atoms with van der Waals surface area (Å²) in [5.41, 5.74) is 2.96. The lowest BCUT2D eigenvalue weighted by Crippen LogP contribution is -2.60. The van der Waals surface area contributed by atoms with Crippen molar-refractivity contribution in [2.75, 3.05) is 26.2 Å². The summed E-state index contributed by atoms with van der Waals surface area (Å²) in [7, 11) is 0. The lowest BCUT2D eigenvalue weighted by Gasteiger charge is -2.58. The van der Waals surface area contributed by atoms with Crippen molar-refractivity contribution in [3.05, 3.63) is 35.4 Å². The summed E-state index contributed by atoms with van der Waals surface area (Å²) in [5, 5.41) is 0. The van der Waals surface area contributed by atoms with E-state index in [0.29, 0.717) is 0 Å². The van der Waals surface area contributed by atoms with Crippen molar-refractivity contribution in [3.8, 4) is 0 Å². The molecule has 1 aromatic carbocycles. The maximum absolute atomic E-state index is 2.90. The van der Waals surface area contributed by atoms with Crippen LogP contribution in [0, 0.1) is 30.6 Å². The highest BCUT2D eigenvalue weighted by Crippen LogP contribution is 2.55. The van der Waals surface area contributed by atoms with Gasteiger partial charge in [0, 0.05) is 38.8 Å². The van der Waals surface area contributed by atoms with Crippen molar-refractivity contribution >= 4 is 0 Å². The minimum absolute atomic E-state index is 0.943. The molecule has 0 aromatic heterocycles. The Bertz CT molecular complexity index is 559. The first-order chi connectivity index (χ1) is 11.8. The van der Waals surface area contributed by atoms with Crippen molar-refractivity contribution in [1.29, 1.82) is 0 Å². The van der Waals surface area contributed by atoms with Crippen molar-refractivity contribution < 1.29 is 0 Å². The Morgan fingerprint density at radius 3 is 2.08 bits per heavy atom. The van der Waals surface area contributed by atoms with Gasteiger partial charge in [-0.15, -0.1) is 0 Å². The van der Waals surface area contributed by atoms with Gasteiger partial charge >= 0.3 is 0 Å². The molecule has 1 aromatic rings. The first-order valence-electron chi connectivity index (χ1n) is 10.3. The van der Waals surface area contributed by atoms with Crippen LogP contribution in [0.5, 0.6) is 0 Å². The van der Waals surface area contributed by atoms with Crippen LogP contribution in [0.25, 0.3) is 0 Å². The lowest BCUT2D eigenvalue weighted by molar-refractivity contribution is -0.0769. The van der Waals surface area contributed by atoms with Gasteiger partial charge in [0.05, 0.1) is 0 Å². The summed E-state index contributed by atoms with van der Waals surface area (Å²) in [6, 6.07) is 9.84. The van der Waals surface area contributed by atoms with Crippen LogP contribution in [0.1, 0.15) is 43.2 Å². The Kier molecular flexibility index (Phi) is 3.94. The van der Waals surface area contributed by atoms with Crippen molar-refractivity contribution in [1.82, 2.24) is 9.80 Å². The van der Waals surface area contributed by atoms with Crippen molar-refractivity contribution in [3.63, 3.8) is 0 Å². The Balaban J connectivity index is 1.21. The van der Waals surface area contributed by atoms with Crippen LogP contribution in [0.2, 0.25) is 0 Å². The standard InChI is InChI=1S/C22H32N2/c1-16-4-2-3-5-19(16)15-23-6-8-24(9-7-23)22-20-11-17-10-18(13-20)14-21(22)12-17/h2-5,17-18,20-22H,6-15H2,1H3. The summed E-state index contributed by atoms with van der Waals surface area (Å²) in [6.45, 7) is 8.52. The van der Waals surface area contributed by atoms with E-state index >= 15 is 0 Å².